The number of benzene rings is 1. The number of allylic oxidation sites excluding steroid dienone is 4. The summed E-state index contributed by atoms with van der Waals surface area (Å²) in [7, 11) is 0. The van der Waals surface area contributed by atoms with E-state index < -0.39 is 0 Å². The van der Waals surface area contributed by atoms with Gasteiger partial charge in [-0.05, 0) is 24.8 Å². The van der Waals surface area contributed by atoms with Crippen molar-refractivity contribution in [3.8, 4) is 0 Å². The summed E-state index contributed by atoms with van der Waals surface area (Å²) in [5.41, 5.74) is 2.92. The molecule has 66 valence electrons. The third-order valence-corrected chi connectivity index (χ3v) is 2.39. The molecule has 0 heterocycles. The first kappa shape index (κ1) is 8.31. The van der Waals surface area contributed by atoms with Crippen molar-refractivity contribution in [2.45, 2.75) is 19.3 Å². The highest BCUT2D eigenvalue weighted by Gasteiger charge is 1.98. The van der Waals surface area contributed by atoms with Crippen LogP contribution in [0.5, 0.6) is 0 Å². The smallest absolute Gasteiger partial charge is 0.0160 e. The Morgan fingerprint density at radius 1 is 1.00 bits per heavy atom. The quantitative estimate of drug-likeness (QED) is 0.651. The molecule has 0 heteroatoms. The monoisotopic (exact) mass is 170 g/mol. The lowest BCUT2D eigenvalue weighted by molar-refractivity contribution is 0.966. The van der Waals surface area contributed by atoms with Gasteiger partial charge in [0.05, 0.1) is 0 Å². The van der Waals surface area contributed by atoms with E-state index in [4.69, 9.17) is 0 Å². The zero-order valence-electron chi connectivity index (χ0n) is 7.74. The summed E-state index contributed by atoms with van der Waals surface area (Å²) in [5, 5.41) is 0. The molecule has 0 bridgehead atoms. The predicted molar refractivity (Wildman–Crippen MR) is 56.6 cm³/mol. The third kappa shape index (κ3) is 2.32. The molecule has 0 radical (unpaired) electrons. The van der Waals surface area contributed by atoms with Gasteiger partial charge in [-0.2, -0.15) is 0 Å². The summed E-state index contributed by atoms with van der Waals surface area (Å²) >= 11 is 0. The van der Waals surface area contributed by atoms with E-state index in [0.717, 1.165) is 12.8 Å². The summed E-state index contributed by atoms with van der Waals surface area (Å²) in [6.45, 7) is 0. The summed E-state index contributed by atoms with van der Waals surface area (Å²) in [6, 6.07) is 10.7. The van der Waals surface area contributed by atoms with Crippen molar-refractivity contribution in [3.63, 3.8) is 0 Å². The highest BCUT2D eigenvalue weighted by Crippen LogP contribution is 2.15. The van der Waals surface area contributed by atoms with Crippen molar-refractivity contribution in [1.82, 2.24) is 0 Å². The molecular formula is C13H14. The standard InChI is InChI=1S/C13H14/c1-2-6-12(7-3-1)10-11-13-8-4-5-9-13/h1-4,6-9H,5,10-11H2. The number of aryl methyl sites for hydroxylation is 1. The molecule has 0 nitrogen and oxygen atoms in total. The lowest BCUT2D eigenvalue weighted by Gasteiger charge is -2.00. The van der Waals surface area contributed by atoms with Gasteiger partial charge in [-0.1, -0.05) is 54.1 Å². The van der Waals surface area contributed by atoms with Crippen molar-refractivity contribution in [1.29, 1.82) is 0 Å². The number of hydrogen-bond donors (Lipinski definition) is 0. The number of hydrogen-bond acceptors (Lipinski definition) is 0. The Hall–Kier alpha value is -1.30. The highest BCUT2D eigenvalue weighted by atomic mass is 14.0. The fourth-order valence-electron chi connectivity index (χ4n) is 1.63. The van der Waals surface area contributed by atoms with Gasteiger partial charge in [0.15, 0.2) is 0 Å². The molecule has 0 unspecified atom stereocenters. The van der Waals surface area contributed by atoms with Crippen LogP contribution in [0.25, 0.3) is 0 Å². The summed E-state index contributed by atoms with van der Waals surface area (Å²) in [5.74, 6) is 0. The highest BCUT2D eigenvalue weighted by molar-refractivity contribution is 5.27. The maximum atomic E-state index is 2.31. The van der Waals surface area contributed by atoms with E-state index in [2.05, 4.69) is 48.6 Å². The van der Waals surface area contributed by atoms with E-state index in [9.17, 15) is 0 Å². The molecule has 1 aromatic carbocycles. The molecule has 0 N–H and O–H groups in total. The first-order valence-corrected chi connectivity index (χ1v) is 4.84. The second-order valence-corrected chi connectivity index (χ2v) is 3.40. The van der Waals surface area contributed by atoms with E-state index >= 15 is 0 Å². The Balaban J connectivity index is 1.90. The van der Waals surface area contributed by atoms with Crippen molar-refractivity contribution in [2.24, 2.45) is 0 Å². The second-order valence-electron chi connectivity index (χ2n) is 3.40. The lowest BCUT2D eigenvalue weighted by Crippen LogP contribution is -1.85. The molecular weight excluding hydrogens is 156 g/mol. The molecule has 0 saturated heterocycles. The molecule has 1 aliphatic carbocycles. The SMILES string of the molecule is C1=CC(CCc2ccccc2)=CC1. The Bertz CT molecular complexity index is 317. The molecule has 1 aliphatic rings. The van der Waals surface area contributed by atoms with Crippen LogP contribution in [0.4, 0.5) is 0 Å². The average Bonchev–Trinajstić information content (AvgIpc) is 2.69. The van der Waals surface area contributed by atoms with Crippen LogP contribution in [0.15, 0.2) is 54.1 Å². The molecule has 1 aromatic rings. The van der Waals surface area contributed by atoms with Gasteiger partial charge < -0.3 is 0 Å². The van der Waals surface area contributed by atoms with Crippen LogP contribution in [0, 0.1) is 0 Å². The molecule has 0 atom stereocenters. The van der Waals surface area contributed by atoms with Crippen LogP contribution in [0.3, 0.4) is 0 Å². The molecule has 2 rings (SSSR count). The largest absolute Gasteiger partial charge is 0.0805 e. The van der Waals surface area contributed by atoms with E-state index in [1.807, 2.05) is 0 Å². The third-order valence-electron chi connectivity index (χ3n) is 2.39. The van der Waals surface area contributed by atoms with Crippen LogP contribution in [-0.4, -0.2) is 0 Å². The van der Waals surface area contributed by atoms with E-state index in [-0.39, 0.29) is 0 Å². The molecule has 0 aromatic heterocycles. The van der Waals surface area contributed by atoms with Gasteiger partial charge >= 0.3 is 0 Å². The Morgan fingerprint density at radius 3 is 2.54 bits per heavy atom. The molecule has 0 spiro atoms. The van der Waals surface area contributed by atoms with Gasteiger partial charge in [-0.25, -0.2) is 0 Å². The maximum Gasteiger partial charge on any atom is -0.0160 e. The van der Waals surface area contributed by atoms with E-state index in [1.165, 1.54) is 17.6 Å². The van der Waals surface area contributed by atoms with Crippen molar-refractivity contribution < 1.29 is 0 Å². The van der Waals surface area contributed by atoms with Crippen molar-refractivity contribution in [3.05, 3.63) is 59.7 Å². The average molecular weight is 170 g/mol. The minimum atomic E-state index is 1.13. The van der Waals surface area contributed by atoms with Crippen LogP contribution in [0.2, 0.25) is 0 Å². The van der Waals surface area contributed by atoms with E-state index in [0.29, 0.717) is 0 Å². The first-order valence-electron chi connectivity index (χ1n) is 4.84. The summed E-state index contributed by atoms with van der Waals surface area (Å²) < 4.78 is 0. The lowest BCUT2D eigenvalue weighted by atomic mass is 10.1. The molecule has 0 aliphatic heterocycles. The van der Waals surface area contributed by atoms with Crippen molar-refractivity contribution >= 4 is 0 Å². The zero-order chi connectivity index (χ0) is 8.93. The minimum Gasteiger partial charge on any atom is -0.0805 e. The minimum absolute atomic E-state index is 1.13. The Labute approximate surface area is 79.6 Å². The van der Waals surface area contributed by atoms with E-state index in [1.54, 1.807) is 0 Å². The van der Waals surface area contributed by atoms with Gasteiger partial charge in [0, 0.05) is 0 Å². The fraction of sp³-hybridized carbons (Fsp3) is 0.231. The maximum absolute atomic E-state index is 2.31. The van der Waals surface area contributed by atoms with Crippen LogP contribution in [0.1, 0.15) is 18.4 Å². The molecule has 0 saturated carbocycles. The summed E-state index contributed by atoms with van der Waals surface area (Å²) in [6.07, 6.45) is 10.2. The normalized spacial score (nSPS) is 14.6. The Kier molecular flexibility index (Phi) is 2.61. The van der Waals surface area contributed by atoms with Gasteiger partial charge in [0.25, 0.3) is 0 Å². The first-order chi connectivity index (χ1) is 6.45. The molecule has 0 amide bonds. The van der Waals surface area contributed by atoms with Crippen molar-refractivity contribution in [2.75, 3.05) is 0 Å². The predicted octanol–water partition coefficient (Wildman–Crippen LogP) is 3.51. The molecule has 0 fully saturated rings. The topological polar surface area (TPSA) is 0 Å². The molecule has 13 heavy (non-hydrogen) atoms. The second kappa shape index (κ2) is 4.08. The van der Waals surface area contributed by atoms with Gasteiger partial charge in [-0.15, -0.1) is 0 Å². The van der Waals surface area contributed by atoms with Crippen LogP contribution < -0.4 is 0 Å². The van der Waals surface area contributed by atoms with Gasteiger partial charge in [-0.3, -0.25) is 0 Å². The Morgan fingerprint density at radius 2 is 1.85 bits per heavy atom. The van der Waals surface area contributed by atoms with Crippen LogP contribution >= 0.6 is 0 Å². The zero-order valence-corrected chi connectivity index (χ0v) is 7.74. The van der Waals surface area contributed by atoms with Gasteiger partial charge in [0.2, 0.25) is 0 Å². The summed E-state index contributed by atoms with van der Waals surface area (Å²) in [4.78, 5) is 0. The fourth-order valence-corrected chi connectivity index (χ4v) is 1.63. The van der Waals surface area contributed by atoms with Crippen LogP contribution in [-0.2, 0) is 6.42 Å². The number of rotatable bonds is 3. The van der Waals surface area contributed by atoms with Gasteiger partial charge in [0.1, 0.15) is 0 Å².